The van der Waals surface area contributed by atoms with Crippen LogP contribution in [0.4, 0.5) is 0 Å². The number of aromatic nitrogens is 3. The normalized spacial score (nSPS) is 11.5. The average molecular weight is 408 g/mol. The Bertz CT molecular complexity index is 933. The molecule has 0 fully saturated rings. The number of hydrogen-bond donors (Lipinski definition) is 0. The summed E-state index contributed by atoms with van der Waals surface area (Å²) >= 11 is 4.92. The van der Waals surface area contributed by atoms with E-state index < -0.39 is 0 Å². The SMILES string of the molecule is Cc1cc(CSc2nc3ccc(Br)cc3c(=O)n2CC(C)C)on1. The summed E-state index contributed by atoms with van der Waals surface area (Å²) in [7, 11) is 0. The summed E-state index contributed by atoms with van der Waals surface area (Å²) in [5.41, 5.74) is 1.55. The van der Waals surface area contributed by atoms with Crippen molar-refractivity contribution in [3.05, 3.63) is 50.5 Å². The molecule has 0 saturated carbocycles. The first-order valence-electron chi connectivity index (χ1n) is 7.69. The molecule has 0 N–H and O–H groups in total. The third-order valence-corrected chi connectivity index (χ3v) is 4.94. The molecule has 0 unspecified atom stereocenters. The number of halogens is 1. The zero-order chi connectivity index (χ0) is 17.3. The second-order valence-electron chi connectivity index (χ2n) is 6.09. The van der Waals surface area contributed by atoms with Gasteiger partial charge in [0.05, 0.1) is 22.3 Å². The third-order valence-electron chi connectivity index (χ3n) is 3.45. The molecule has 0 spiro atoms. The minimum absolute atomic E-state index is 0.00810. The van der Waals surface area contributed by atoms with Crippen molar-refractivity contribution < 1.29 is 4.52 Å². The molecule has 0 amide bonds. The number of benzene rings is 1. The largest absolute Gasteiger partial charge is 0.360 e. The van der Waals surface area contributed by atoms with Crippen molar-refractivity contribution in [2.24, 2.45) is 5.92 Å². The quantitative estimate of drug-likeness (QED) is 0.463. The first kappa shape index (κ1) is 17.2. The molecular weight excluding hydrogens is 390 g/mol. The highest BCUT2D eigenvalue weighted by molar-refractivity contribution is 9.10. The van der Waals surface area contributed by atoms with Crippen LogP contribution in [0.15, 0.2) is 43.2 Å². The van der Waals surface area contributed by atoms with E-state index in [0.29, 0.717) is 34.3 Å². The first-order chi connectivity index (χ1) is 11.4. The van der Waals surface area contributed by atoms with Crippen molar-refractivity contribution in [2.75, 3.05) is 0 Å². The summed E-state index contributed by atoms with van der Waals surface area (Å²) in [4.78, 5) is 17.6. The predicted octanol–water partition coefficient (Wildman–Crippen LogP) is 4.40. The van der Waals surface area contributed by atoms with Gasteiger partial charge in [-0.05, 0) is 31.0 Å². The summed E-state index contributed by atoms with van der Waals surface area (Å²) < 4.78 is 7.88. The minimum atomic E-state index is -0.00810. The zero-order valence-corrected chi connectivity index (χ0v) is 16.1. The molecule has 3 rings (SSSR count). The molecule has 0 aliphatic heterocycles. The predicted molar refractivity (Wildman–Crippen MR) is 99.3 cm³/mol. The van der Waals surface area contributed by atoms with Gasteiger partial charge in [0.1, 0.15) is 5.76 Å². The molecule has 2 aromatic heterocycles. The molecule has 2 heterocycles. The van der Waals surface area contributed by atoms with Gasteiger partial charge in [-0.1, -0.05) is 46.7 Å². The third kappa shape index (κ3) is 3.72. The average Bonchev–Trinajstić information content (AvgIpc) is 2.94. The number of thioether (sulfide) groups is 1. The van der Waals surface area contributed by atoms with E-state index in [1.807, 2.05) is 31.2 Å². The lowest BCUT2D eigenvalue weighted by Gasteiger charge is -2.14. The number of rotatable bonds is 5. The van der Waals surface area contributed by atoms with Crippen LogP contribution in [0.25, 0.3) is 10.9 Å². The molecule has 0 aliphatic rings. The van der Waals surface area contributed by atoms with Crippen molar-refractivity contribution >= 4 is 38.6 Å². The Kier molecular flexibility index (Phi) is 5.10. The van der Waals surface area contributed by atoms with Crippen LogP contribution >= 0.6 is 27.7 Å². The van der Waals surface area contributed by atoms with Gasteiger partial charge in [-0.25, -0.2) is 4.98 Å². The van der Waals surface area contributed by atoms with Crippen LogP contribution in [-0.2, 0) is 12.3 Å². The second kappa shape index (κ2) is 7.11. The molecule has 3 aromatic rings. The fourth-order valence-electron chi connectivity index (χ4n) is 2.43. The summed E-state index contributed by atoms with van der Waals surface area (Å²) in [6, 6.07) is 7.49. The summed E-state index contributed by atoms with van der Waals surface area (Å²) in [6.07, 6.45) is 0. The van der Waals surface area contributed by atoms with E-state index >= 15 is 0 Å². The van der Waals surface area contributed by atoms with Crippen LogP contribution in [0.5, 0.6) is 0 Å². The Hall–Kier alpha value is -1.60. The van der Waals surface area contributed by atoms with E-state index in [4.69, 9.17) is 9.51 Å². The Morgan fingerprint density at radius 1 is 1.33 bits per heavy atom. The second-order valence-corrected chi connectivity index (χ2v) is 7.95. The van der Waals surface area contributed by atoms with Crippen molar-refractivity contribution in [1.29, 1.82) is 0 Å². The molecule has 0 bridgehead atoms. The molecular formula is C17H18BrN3O2S. The summed E-state index contributed by atoms with van der Waals surface area (Å²) in [5.74, 6) is 1.72. The van der Waals surface area contributed by atoms with Gasteiger partial charge in [0.15, 0.2) is 5.16 Å². The van der Waals surface area contributed by atoms with E-state index in [1.54, 1.807) is 4.57 Å². The lowest BCUT2D eigenvalue weighted by atomic mass is 10.2. The highest BCUT2D eigenvalue weighted by Gasteiger charge is 2.14. The van der Waals surface area contributed by atoms with Gasteiger partial charge in [0.25, 0.3) is 5.56 Å². The highest BCUT2D eigenvalue weighted by Crippen LogP contribution is 2.24. The molecule has 7 heteroatoms. The van der Waals surface area contributed by atoms with Gasteiger partial charge >= 0.3 is 0 Å². The van der Waals surface area contributed by atoms with Crippen LogP contribution in [-0.4, -0.2) is 14.7 Å². The number of hydrogen-bond acceptors (Lipinski definition) is 5. The molecule has 126 valence electrons. The topological polar surface area (TPSA) is 60.9 Å². The Balaban J connectivity index is 2.03. The van der Waals surface area contributed by atoms with Gasteiger partial charge in [-0.15, -0.1) is 0 Å². The Morgan fingerprint density at radius 2 is 2.12 bits per heavy atom. The number of fused-ring (bicyclic) bond motifs is 1. The lowest BCUT2D eigenvalue weighted by Crippen LogP contribution is -2.25. The van der Waals surface area contributed by atoms with Crippen LogP contribution in [0.2, 0.25) is 0 Å². The van der Waals surface area contributed by atoms with Gasteiger partial charge in [-0.3, -0.25) is 9.36 Å². The van der Waals surface area contributed by atoms with Crippen molar-refractivity contribution in [2.45, 2.75) is 38.2 Å². The molecule has 1 aromatic carbocycles. The van der Waals surface area contributed by atoms with Crippen molar-refractivity contribution in [3.8, 4) is 0 Å². The molecule has 0 atom stereocenters. The monoisotopic (exact) mass is 407 g/mol. The highest BCUT2D eigenvalue weighted by atomic mass is 79.9. The maximum atomic E-state index is 12.9. The maximum absolute atomic E-state index is 12.9. The fourth-order valence-corrected chi connectivity index (χ4v) is 3.67. The van der Waals surface area contributed by atoms with E-state index in [2.05, 4.69) is 34.9 Å². The molecule has 0 saturated heterocycles. The van der Waals surface area contributed by atoms with Crippen molar-refractivity contribution in [1.82, 2.24) is 14.7 Å². The molecule has 5 nitrogen and oxygen atoms in total. The maximum Gasteiger partial charge on any atom is 0.262 e. The summed E-state index contributed by atoms with van der Waals surface area (Å²) in [5, 5.41) is 5.23. The Morgan fingerprint density at radius 3 is 2.79 bits per heavy atom. The minimum Gasteiger partial charge on any atom is -0.360 e. The standard InChI is InChI=1S/C17H18BrN3O2S/c1-10(2)8-21-16(22)14-7-12(18)4-5-15(14)19-17(21)24-9-13-6-11(3)20-23-13/h4-7,10H,8-9H2,1-3H3. The van der Waals surface area contributed by atoms with Crippen LogP contribution in [0.3, 0.4) is 0 Å². The smallest absolute Gasteiger partial charge is 0.262 e. The number of aryl methyl sites for hydroxylation is 1. The first-order valence-corrected chi connectivity index (χ1v) is 9.47. The van der Waals surface area contributed by atoms with Gasteiger partial charge in [-0.2, -0.15) is 0 Å². The lowest BCUT2D eigenvalue weighted by molar-refractivity contribution is 0.390. The number of nitrogens with zero attached hydrogens (tertiary/aromatic N) is 3. The molecule has 0 radical (unpaired) electrons. The van der Waals surface area contributed by atoms with Gasteiger partial charge in [0, 0.05) is 17.1 Å². The van der Waals surface area contributed by atoms with Crippen LogP contribution in [0, 0.1) is 12.8 Å². The van der Waals surface area contributed by atoms with E-state index in [0.717, 1.165) is 15.9 Å². The van der Waals surface area contributed by atoms with E-state index in [9.17, 15) is 4.79 Å². The van der Waals surface area contributed by atoms with Crippen molar-refractivity contribution in [3.63, 3.8) is 0 Å². The molecule has 24 heavy (non-hydrogen) atoms. The van der Waals surface area contributed by atoms with Gasteiger partial charge < -0.3 is 4.52 Å². The van der Waals surface area contributed by atoms with E-state index in [-0.39, 0.29) is 5.56 Å². The fraction of sp³-hybridized carbons (Fsp3) is 0.353. The molecule has 0 aliphatic carbocycles. The van der Waals surface area contributed by atoms with Gasteiger partial charge in [0.2, 0.25) is 0 Å². The van der Waals surface area contributed by atoms with Crippen LogP contribution in [0.1, 0.15) is 25.3 Å². The van der Waals surface area contributed by atoms with Crippen LogP contribution < -0.4 is 5.56 Å². The van der Waals surface area contributed by atoms with E-state index in [1.165, 1.54) is 11.8 Å². The Labute approximate surface area is 152 Å². The summed E-state index contributed by atoms with van der Waals surface area (Å²) in [6.45, 7) is 6.70. The zero-order valence-electron chi connectivity index (χ0n) is 13.7.